The largest absolute Gasteiger partial charge is 0.497 e. The first-order chi connectivity index (χ1) is 13.0. The van der Waals surface area contributed by atoms with Gasteiger partial charge in [-0.15, -0.1) is 0 Å². The lowest BCUT2D eigenvalue weighted by atomic mass is 10.0. The van der Waals surface area contributed by atoms with Crippen molar-refractivity contribution >= 4 is 18.0 Å². The zero-order chi connectivity index (χ0) is 19.6. The summed E-state index contributed by atoms with van der Waals surface area (Å²) in [4.78, 5) is 23.0. The van der Waals surface area contributed by atoms with E-state index in [0.29, 0.717) is 5.56 Å². The second-order valence-electron chi connectivity index (χ2n) is 5.75. The predicted molar refractivity (Wildman–Crippen MR) is 99.9 cm³/mol. The summed E-state index contributed by atoms with van der Waals surface area (Å²) in [6.07, 6.45) is 1.92. The monoisotopic (exact) mass is 370 g/mol. The van der Waals surface area contributed by atoms with Crippen LogP contribution < -0.4 is 4.74 Å². The first-order valence-corrected chi connectivity index (χ1v) is 8.34. The molecule has 0 aliphatic rings. The maximum absolute atomic E-state index is 11.8. The number of methoxy groups -OCH3 is 2. The van der Waals surface area contributed by atoms with Crippen molar-refractivity contribution < 1.29 is 28.9 Å². The molecule has 1 atom stereocenters. The molecule has 1 unspecified atom stereocenters. The number of hydrogen-bond donors (Lipinski definition) is 1. The fourth-order valence-corrected chi connectivity index (χ4v) is 2.28. The number of rotatable bonds is 8. The molecule has 142 valence electrons. The molecule has 6 heteroatoms. The zero-order valence-corrected chi connectivity index (χ0v) is 15.3. The van der Waals surface area contributed by atoms with Crippen molar-refractivity contribution in [3.63, 3.8) is 0 Å². The summed E-state index contributed by atoms with van der Waals surface area (Å²) in [6, 6.07) is 14.1. The normalized spacial score (nSPS) is 11.8. The lowest BCUT2D eigenvalue weighted by Gasteiger charge is -2.09. The van der Waals surface area contributed by atoms with Gasteiger partial charge in [-0.2, -0.15) is 0 Å². The highest BCUT2D eigenvalue weighted by molar-refractivity contribution is 5.87. The second-order valence-corrected chi connectivity index (χ2v) is 5.75. The Hall–Kier alpha value is -3.12. The highest BCUT2D eigenvalue weighted by Crippen LogP contribution is 2.18. The number of aliphatic hydroxyl groups excluding tert-OH is 1. The van der Waals surface area contributed by atoms with E-state index in [0.717, 1.165) is 16.9 Å². The summed E-state index contributed by atoms with van der Waals surface area (Å²) in [5.74, 6) is -0.197. The lowest BCUT2D eigenvalue weighted by molar-refractivity contribution is -0.143. The van der Waals surface area contributed by atoms with Crippen molar-refractivity contribution in [2.75, 3.05) is 14.2 Å². The Morgan fingerprint density at radius 1 is 1.04 bits per heavy atom. The third-order valence-electron chi connectivity index (χ3n) is 3.86. The standard InChI is InChI=1S/C21H22O6/c1-25-18-10-5-16(6-11-18)14-27-20(23)12-7-15-3-8-17(9-4-15)19(22)13-21(24)26-2/h3-12,19,22H,13-14H2,1-2H3. The van der Waals surface area contributed by atoms with Gasteiger partial charge in [-0.05, 0) is 34.9 Å². The molecule has 0 aromatic heterocycles. The van der Waals surface area contributed by atoms with E-state index in [1.165, 1.54) is 13.2 Å². The maximum atomic E-state index is 11.8. The van der Waals surface area contributed by atoms with Crippen LogP contribution in [-0.4, -0.2) is 31.3 Å². The molecule has 0 heterocycles. The minimum absolute atomic E-state index is 0.108. The maximum Gasteiger partial charge on any atom is 0.331 e. The Balaban J connectivity index is 1.85. The number of ether oxygens (including phenoxy) is 3. The van der Waals surface area contributed by atoms with Gasteiger partial charge in [-0.3, -0.25) is 4.79 Å². The van der Waals surface area contributed by atoms with Crippen molar-refractivity contribution in [1.29, 1.82) is 0 Å². The van der Waals surface area contributed by atoms with Gasteiger partial charge in [0.2, 0.25) is 0 Å². The molecule has 0 amide bonds. The Bertz CT molecular complexity index is 777. The number of benzene rings is 2. The first kappa shape index (κ1) is 20.2. The molecule has 2 rings (SSSR count). The van der Waals surface area contributed by atoms with E-state index in [1.54, 1.807) is 49.6 Å². The van der Waals surface area contributed by atoms with Crippen LogP contribution in [0.15, 0.2) is 54.6 Å². The Labute approximate surface area is 158 Å². The van der Waals surface area contributed by atoms with E-state index in [-0.39, 0.29) is 13.0 Å². The van der Waals surface area contributed by atoms with E-state index in [1.807, 2.05) is 12.1 Å². The second kappa shape index (κ2) is 10.1. The first-order valence-electron chi connectivity index (χ1n) is 8.34. The van der Waals surface area contributed by atoms with Gasteiger partial charge in [-0.25, -0.2) is 4.79 Å². The molecule has 2 aromatic rings. The van der Waals surface area contributed by atoms with E-state index in [2.05, 4.69) is 4.74 Å². The molecule has 0 aliphatic carbocycles. The summed E-state index contributed by atoms with van der Waals surface area (Å²) in [5, 5.41) is 9.94. The SMILES string of the molecule is COC(=O)CC(O)c1ccc(C=CC(=O)OCc2ccc(OC)cc2)cc1. The molecule has 0 saturated carbocycles. The molecule has 0 bridgehead atoms. The molecule has 2 aromatic carbocycles. The van der Waals surface area contributed by atoms with Crippen molar-refractivity contribution in [1.82, 2.24) is 0 Å². The molecule has 0 radical (unpaired) electrons. The van der Waals surface area contributed by atoms with E-state index >= 15 is 0 Å². The van der Waals surface area contributed by atoms with Crippen molar-refractivity contribution in [3.8, 4) is 5.75 Å². The van der Waals surface area contributed by atoms with Crippen LogP contribution >= 0.6 is 0 Å². The Morgan fingerprint density at radius 2 is 1.70 bits per heavy atom. The third kappa shape index (κ3) is 6.60. The number of hydrogen-bond acceptors (Lipinski definition) is 6. The Morgan fingerprint density at radius 3 is 2.30 bits per heavy atom. The van der Waals surface area contributed by atoms with Gasteiger partial charge in [0.1, 0.15) is 12.4 Å². The molecular weight excluding hydrogens is 348 g/mol. The van der Waals surface area contributed by atoms with Crippen LogP contribution in [0, 0.1) is 0 Å². The summed E-state index contributed by atoms with van der Waals surface area (Å²) < 4.78 is 14.8. The van der Waals surface area contributed by atoms with Gasteiger partial charge < -0.3 is 19.3 Å². The zero-order valence-electron chi connectivity index (χ0n) is 15.3. The minimum atomic E-state index is -0.926. The van der Waals surface area contributed by atoms with Crippen LogP contribution in [0.25, 0.3) is 6.08 Å². The average molecular weight is 370 g/mol. The third-order valence-corrected chi connectivity index (χ3v) is 3.86. The number of esters is 2. The molecule has 0 aliphatic heterocycles. The molecule has 0 spiro atoms. The number of carbonyl (C=O) groups excluding carboxylic acids is 2. The highest BCUT2D eigenvalue weighted by atomic mass is 16.5. The molecule has 1 N–H and O–H groups in total. The smallest absolute Gasteiger partial charge is 0.331 e. The van der Waals surface area contributed by atoms with Gasteiger partial charge in [0.25, 0.3) is 0 Å². The average Bonchev–Trinajstić information content (AvgIpc) is 2.71. The molecule has 27 heavy (non-hydrogen) atoms. The van der Waals surface area contributed by atoms with E-state index in [4.69, 9.17) is 9.47 Å². The van der Waals surface area contributed by atoms with Crippen LogP contribution in [-0.2, 0) is 25.7 Å². The van der Waals surface area contributed by atoms with Crippen LogP contribution in [0.3, 0.4) is 0 Å². The summed E-state index contributed by atoms with van der Waals surface area (Å²) in [6.45, 7) is 0.172. The predicted octanol–water partition coefficient (Wildman–Crippen LogP) is 3.05. The Kier molecular flexibility index (Phi) is 7.58. The van der Waals surface area contributed by atoms with Crippen molar-refractivity contribution in [2.24, 2.45) is 0 Å². The van der Waals surface area contributed by atoms with Gasteiger partial charge in [0.05, 0.1) is 26.7 Å². The van der Waals surface area contributed by atoms with Crippen LogP contribution in [0.1, 0.15) is 29.2 Å². The minimum Gasteiger partial charge on any atom is -0.497 e. The lowest BCUT2D eigenvalue weighted by Crippen LogP contribution is -2.07. The summed E-state index contributed by atoms with van der Waals surface area (Å²) >= 11 is 0. The topological polar surface area (TPSA) is 82.1 Å². The fourth-order valence-electron chi connectivity index (χ4n) is 2.28. The summed E-state index contributed by atoms with van der Waals surface area (Å²) in [5.41, 5.74) is 2.23. The van der Waals surface area contributed by atoms with Gasteiger partial charge >= 0.3 is 11.9 Å². The van der Waals surface area contributed by atoms with Gasteiger partial charge in [-0.1, -0.05) is 36.4 Å². The fraction of sp³-hybridized carbons (Fsp3) is 0.238. The highest BCUT2D eigenvalue weighted by Gasteiger charge is 2.12. The van der Waals surface area contributed by atoms with Crippen LogP contribution in [0.4, 0.5) is 0 Å². The van der Waals surface area contributed by atoms with E-state index in [9.17, 15) is 14.7 Å². The van der Waals surface area contributed by atoms with Crippen LogP contribution in [0.5, 0.6) is 5.75 Å². The molecule has 6 nitrogen and oxygen atoms in total. The van der Waals surface area contributed by atoms with Crippen molar-refractivity contribution in [2.45, 2.75) is 19.1 Å². The molecular formula is C21H22O6. The van der Waals surface area contributed by atoms with Gasteiger partial charge in [0, 0.05) is 6.08 Å². The van der Waals surface area contributed by atoms with E-state index < -0.39 is 18.0 Å². The molecule has 0 fully saturated rings. The molecule has 0 saturated heterocycles. The van der Waals surface area contributed by atoms with Crippen LogP contribution in [0.2, 0.25) is 0 Å². The quantitative estimate of drug-likeness (QED) is 0.568. The van der Waals surface area contributed by atoms with Crippen molar-refractivity contribution in [3.05, 3.63) is 71.3 Å². The number of carbonyl (C=O) groups is 2. The summed E-state index contributed by atoms with van der Waals surface area (Å²) in [7, 11) is 2.86. The van der Waals surface area contributed by atoms with Gasteiger partial charge in [0.15, 0.2) is 0 Å². The number of aliphatic hydroxyl groups is 1.